The SMILES string of the molecule is CC(C=P[PH-])CCC1CCCCC1. The average Bonchev–Trinajstić information content (AvgIpc) is 2.17. The minimum absolute atomic E-state index is 0.793. The molecule has 0 aromatic rings. The van der Waals surface area contributed by atoms with Crippen molar-refractivity contribution < 1.29 is 0 Å². The molecule has 0 bridgehead atoms. The van der Waals surface area contributed by atoms with Gasteiger partial charge in [0.15, 0.2) is 0 Å². The van der Waals surface area contributed by atoms with Crippen LogP contribution in [0, 0.1) is 11.8 Å². The molecule has 1 unspecified atom stereocenters. The first-order chi connectivity index (χ1) is 6.33. The fourth-order valence-corrected chi connectivity index (χ4v) is 3.34. The quantitative estimate of drug-likeness (QED) is 0.591. The van der Waals surface area contributed by atoms with E-state index in [0.717, 1.165) is 11.8 Å². The Balaban J connectivity index is 2.09. The van der Waals surface area contributed by atoms with Crippen molar-refractivity contribution in [3.63, 3.8) is 0 Å². The molecule has 0 amide bonds. The Bertz CT molecular complexity index is 148. The fraction of sp³-hybridized carbons (Fsp3) is 0.909. The van der Waals surface area contributed by atoms with E-state index in [-0.39, 0.29) is 0 Å². The second kappa shape index (κ2) is 6.97. The smallest absolute Gasteiger partial charge is 0.0243 e. The average molecular weight is 215 g/mol. The molecule has 0 spiro atoms. The standard InChI is InChI=1S/C11H21P2/c1-10(9-13-12)7-8-11-5-3-2-4-6-11/h9-12H,2-8H2,1H3/q-1. The molecule has 0 saturated heterocycles. The summed E-state index contributed by atoms with van der Waals surface area (Å²) in [6, 6.07) is 0. The van der Waals surface area contributed by atoms with Gasteiger partial charge in [-0.05, 0) is 24.7 Å². The van der Waals surface area contributed by atoms with Crippen molar-refractivity contribution in [2.45, 2.75) is 51.9 Å². The molecular formula is C11H21P2-. The molecule has 2 heteroatoms. The van der Waals surface area contributed by atoms with Crippen LogP contribution in [0.3, 0.4) is 0 Å². The summed E-state index contributed by atoms with van der Waals surface area (Å²) in [5, 5.41) is 0. The zero-order valence-electron chi connectivity index (χ0n) is 8.63. The van der Waals surface area contributed by atoms with Gasteiger partial charge in [-0.2, -0.15) is 0 Å². The van der Waals surface area contributed by atoms with E-state index in [9.17, 15) is 0 Å². The van der Waals surface area contributed by atoms with Crippen molar-refractivity contribution in [1.29, 1.82) is 0 Å². The molecule has 0 N–H and O–H groups in total. The molecule has 0 nitrogen and oxygen atoms in total. The minimum atomic E-state index is 0.793. The third-order valence-corrected chi connectivity index (χ3v) is 4.19. The Morgan fingerprint density at radius 2 is 2.08 bits per heavy atom. The first-order valence-electron chi connectivity index (χ1n) is 5.53. The lowest BCUT2D eigenvalue weighted by Crippen LogP contribution is -2.08. The van der Waals surface area contributed by atoms with Crippen LogP contribution in [-0.2, 0) is 0 Å². The predicted molar refractivity (Wildman–Crippen MR) is 66.3 cm³/mol. The molecule has 1 aliphatic carbocycles. The van der Waals surface area contributed by atoms with Crippen LogP contribution in [-0.4, -0.2) is 5.80 Å². The molecule has 0 aromatic heterocycles. The van der Waals surface area contributed by atoms with Gasteiger partial charge in [-0.25, -0.2) is 0 Å². The van der Waals surface area contributed by atoms with Crippen molar-refractivity contribution in [3.05, 3.63) is 0 Å². The van der Waals surface area contributed by atoms with Crippen LogP contribution in [0.1, 0.15) is 51.9 Å². The highest BCUT2D eigenvalue weighted by Crippen LogP contribution is 2.28. The fourth-order valence-electron chi connectivity index (χ4n) is 2.18. The maximum atomic E-state index is 3.48. The summed E-state index contributed by atoms with van der Waals surface area (Å²) >= 11 is 0. The van der Waals surface area contributed by atoms with Gasteiger partial charge in [0.25, 0.3) is 0 Å². The lowest BCUT2D eigenvalue weighted by Gasteiger charge is -2.22. The maximum absolute atomic E-state index is 3.48. The lowest BCUT2D eigenvalue weighted by atomic mass is 9.85. The van der Waals surface area contributed by atoms with Crippen molar-refractivity contribution in [1.82, 2.24) is 0 Å². The van der Waals surface area contributed by atoms with Crippen LogP contribution in [0.15, 0.2) is 0 Å². The highest BCUT2D eigenvalue weighted by molar-refractivity contribution is 8.01. The summed E-state index contributed by atoms with van der Waals surface area (Å²) in [4.78, 5) is 0. The third kappa shape index (κ3) is 5.14. The summed E-state index contributed by atoms with van der Waals surface area (Å²) in [6.07, 6.45) is 10.3. The molecule has 0 heterocycles. The second-order valence-electron chi connectivity index (χ2n) is 4.34. The minimum Gasteiger partial charge on any atom is -0.498 e. The molecule has 1 saturated carbocycles. The molecule has 13 heavy (non-hydrogen) atoms. The van der Waals surface area contributed by atoms with Crippen LogP contribution in [0.25, 0.3) is 0 Å². The van der Waals surface area contributed by atoms with Gasteiger partial charge in [0.2, 0.25) is 0 Å². The molecular weight excluding hydrogens is 194 g/mol. The summed E-state index contributed by atoms with van der Waals surface area (Å²) in [5.41, 5.74) is 0. The number of hydrogen-bond acceptors (Lipinski definition) is 0. The molecule has 1 aliphatic rings. The van der Waals surface area contributed by atoms with E-state index in [1.54, 1.807) is 0 Å². The monoisotopic (exact) mass is 215 g/mol. The first kappa shape index (κ1) is 11.7. The van der Waals surface area contributed by atoms with Crippen molar-refractivity contribution in [2.75, 3.05) is 0 Å². The van der Waals surface area contributed by atoms with Gasteiger partial charge in [0.1, 0.15) is 0 Å². The molecule has 1 fully saturated rings. The van der Waals surface area contributed by atoms with Gasteiger partial charge in [0, 0.05) is 0 Å². The van der Waals surface area contributed by atoms with E-state index in [1.807, 2.05) is 0 Å². The van der Waals surface area contributed by atoms with Crippen molar-refractivity contribution >= 4 is 22.6 Å². The second-order valence-corrected chi connectivity index (χ2v) is 5.67. The highest BCUT2D eigenvalue weighted by atomic mass is 32.0. The predicted octanol–water partition coefficient (Wildman–Crippen LogP) is 4.79. The van der Waals surface area contributed by atoms with E-state index in [2.05, 4.69) is 21.6 Å². The summed E-state index contributed by atoms with van der Waals surface area (Å²) in [7, 11) is 4.73. The maximum Gasteiger partial charge on any atom is -0.0243 e. The molecule has 1 atom stereocenters. The van der Waals surface area contributed by atoms with Gasteiger partial charge >= 0.3 is 0 Å². The van der Waals surface area contributed by atoms with Gasteiger partial charge < -0.3 is 16.8 Å². The van der Waals surface area contributed by atoms with Gasteiger partial charge in [0.05, 0.1) is 0 Å². The zero-order chi connectivity index (χ0) is 9.52. The summed E-state index contributed by atoms with van der Waals surface area (Å²) in [6.45, 7) is 2.33. The Morgan fingerprint density at radius 1 is 1.38 bits per heavy atom. The molecule has 0 radical (unpaired) electrons. The van der Waals surface area contributed by atoms with Gasteiger partial charge in [-0.3, -0.25) is 0 Å². The van der Waals surface area contributed by atoms with Crippen LogP contribution in [0.4, 0.5) is 0 Å². The van der Waals surface area contributed by atoms with Crippen molar-refractivity contribution in [3.8, 4) is 0 Å². The molecule has 0 aromatic carbocycles. The van der Waals surface area contributed by atoms with Crippen LogP contribution >= 0.6 is 16.8 Å². The largest absolute Gasteiger partial charge is 0.498 e. The lowest BCUT2D eigenvalue weighted by molar-refractivity contribution is 0.325. The van der Waals surface area contributed by atoms with E-state index in [4.69, 9.17) is 0 Å². The Labute approximate surface area is 86.8 Å². The topological polar surface area (TPSA) is 0 Å². The van der Waals surface area contributed by atoms with Gasteiger partial charge in [-0.15, -0.1) is 0 Å². The van der Waals surface area contributed by atoms with Gasteiger partial charge in [-0.1, -0.05) is 44.8 Å². The van der Waals surface area contributed by atoms with E-state index in [1.165, 1.54) is 52.8 Å². The number of hydrogen-bond donors (Lipinski definition) is 0. The summed E-state index contributed by atoms with van der Waals surface area (Å²) in [5.74, 6) is 4.19. The van der Waals surface area contributed by atoms with E-state index >= 15 is 0 Å². The van der Waals surface area contributed by atoms with E-state index in [0.29, 0.717) is 0 Å². The van der Waals surface area contributed by atoms with Crippen LogP contribution < -0.4 is 0 Å². The first-order valence-corrected chi connectivity index (χ1v) is 7.83. The van der Waals surface area contributed by atoms with Crippen LogP contribution in [0.2, 0.25) is 0 Å². The normalized spacial score (nSPS) is 22.3. The highest BCUT2D eigenvalue weighted by Gasteiger charge is 2.13. The molecule has 1 rings (SSSR count). The van der Waals surface area contributed by atoms with E-state index < -0.39 is 0 Å². The molecule has 0 aliphatic heterocycles. The summed E-state index contributed by atoms with van der Waals surface area (Å²) < 4.78 is 0. The Hall–Kier alpha value is 0.600. The third-order valence-electron chi connectivity index (χ3n) is 3.08. The molecule has 76 valence electrons. The van der Waals surface area contributed by atoms with Crippen molar-refractivity contribution in [2.24, 2.45) is 11.8 Å². The zero-order valence-corrected chi connectivity index (χ0v) is 10.5. The van der Waals surface area contributed by atoms with Crippen LogP contribution in [0.5, 0.6) is 0 Å². The Kier molecular flexibility index (Phi) is 6.26. The number of rotatable bonds is 4. The Morgan fingerprint density at radius 3 is 2.69 bits per heavy atom.